The molecule has 1 saturated heterocycles. The lowest BCUT2D eigenvalue weighted by atomic mass is 10.3. The van der Waals surface area contributed by atoms with E-state index < -0.39 is 0 Å². The third-order valence-corrected chi connectivity index (χ3v) is 2.70. The van der Waals surface area contributed by atoms with Gasteiger partial charge >= 0.3 is 5.95 Å². The second-order valence-corrected chi connectivity index (χ2v) is 3.88. The van der Waals surface area contributed by atoms with Gasteiger partial charge in [-0.05, 0) is 17.5 Å². The van der Waals surface area contributed by atoms with Crippen LogP contribution in [0.1, 0.15) is 0 Å². The van der Waals surface area contributed by atoms with E-state index in [2.05, 4.69) is 52.9 Å². The number of tetrazole rings is 2. The first-order chi connectivity index (χ1) is 8.33. The van der Waals surface area contributed by atoms with Crippen molar-refractivity contribution in [2.45, 2.75) is 0 Å². The summed E-state index contributed by atoms with van der Waals surface area (Å²) in [7, 11) is 2.10. The molecule has 3 heterocycles. The summed E-state index contributed by atoms with van der Waals surface area (Å²) in [6.07, 6.45) is 0. The largest absolute Gasteiger partial charge is 0.336 e. The summed E-state index contributed by atoms with van der Waals surface area (Å²) in [6, 6.07) is 0. The highest BCUT2D eigenvalue weighted by atomic mass is 15.7. The Labute approximate surface area is 96.6 Å². The first-order valence-electron chi connectivity index (χ1n) is 5.30. The Morgan fingerprint density at radius 1 is 1.06 bits per heavy atom. The van der Waals surface area contributed by atoms with E-state index in [0.29, 0.717) is 5.95 Å². The highest BCUT2D eigenvalue weighted by Gasteiger charge is 2.19. The quantitative estimate of drug-likeness (QED) is 0.634. The number of nitrogens with zero attached hydrogens (tertiary/aromatic N) is 9. The molecule has 0 unspecified atom stereocenters. The minimum Gasteiger partial charge on any atom is -0.336 e. The van der Waals surface area contributed by atoms with Gasteiger partial charge in [0, 0.05) is 26.2 Å². The molecule has 0 atom stereocenters. The molecule has 0 aliphatic carbocycles. The Morgan fingerprint density at radius 3 is 2.59 bits per heavy atom. The molecule has 0 spiro atoms. The lowest BCUT2D eigenvalue weighted by molar-refractivity contribution is 0.311. The lowest BCUT2D eigenvalue weighted by Crippen LogP contribution is -2.45. The summed E-state index contributed by atoms with van der Waals surface area (Å²) < 4.78 is 0. The summed E-state index contributed by atoms with van der Waals surface area (Å²) in [6.45, 7) is 3.79. The average Bonchev–Trinajstić information content (AvgIpc) is 3.00. The van der Waals surface area contributed by atoms with E-state index >= 15 is 0 Å². The molecule has 0 bridgehead atoms. The third-order valence-electron chi connectivity index (χ3n) is 2.70. The van der Waals surface area contributed by atoms with E-state index in [9.17, 15) is 0 Å². The van der Waals surface area contributed by atoms with Gasteiger partial charge in [-0.15, -0.1) is 10.2 Å². The predicted molar refractivity (Wildman–Crippen MR) is 56.6 cm³/mol. The van der Waals surface area contributed by atoms with Crippen LogP contribution in [-0.2, 0) is 0 Å². The fourth-order valence-electron chi connectivity index (χ4n) is 1.67. The molecule has 2 aromatic heterocycles. The first kappa shape index (κ1) is 10.1. The van der Waals surface area contributed by atoms with Crippen molar-refractivity contribution in [3.63, 3.8) is 0 Å². The number of rotatable bonds is 2. The third kappa shape index (κ3) is 1.93. The molecule has 10 nitrogen and oxygen atoms in total. The summed E-state index contributed by atoms with van der Waals surface area (Å²) in [5, 5.41) is 25.4. The van der Waals surface area contributed by atoms with Gasteiger partial charge in [0.2, 0.25) is 0 Å². The molecule has 2 aromatic rings. The zero-order chi connectivity index (χ0) is 11.7. The van der Waals surface area contributed by atoms with Gasteiger partial charge < -0.3 is 9.80 Å². The first-order valence-corrected chi connectivity index (χ1v) is 5.30. The monoisotopic (exact) mass is 236 g/mol. The van der Waals surface area contributed by atoms with E-state index in [4.69, 9.17) is 0 Å². The molecule has 1 aliphatic rings. The average molecular weight is 236 g/mol. The normalized spacial score (nSPS) is 17.6. The molecule has 17 heavy (non-hydrogen) atoms. The van der Waals surface area contributed by atoms with Gasteiger partial charge in [-0.2, -0.15) is 5.21 Å². The number of piperazine rings is 1. The van der Waals surface area contributed by atoms with Crippen LogP contribution in [0.15, 0.2) is 0 Å². The summed E-state index contributed by atoms with van der Waals surface area (Å²) in [5.41, 5.74) is 0. The summed E-state index contributed by atoms with van der Waals surface area (Å²) in [4.78, 5) is 5.61. The highest BCUT2D eigenvalue weighted by Crippen LogP contribution is 2.08. The number of aromatic amines is 1. The van der Waals surface area contributed by atoms with Crippen LogP contribution < -0.4 is 4.90 Å². The van der Waals surface area contributed by atoms with Crippen molar-refractivity contribution < 1.29 is 0 Å². The van der Waals surface area contributed by atoms with Crippen molar-refractivity contribution >= 4 is 5.95 Å². The number of hydrogen-bond acceptors (Lipinski definition) is 8. The second kappa shape index (κ2) is 4.05. The fraction of sp³-hybridized carbons (Fsp3) is 0.714. The molecule has 1 aliphatic heterocycles. The Kier molecular flexibility index (Phi) is 2.40. The zero-order valence-corrected chi connectivity index (χ0v) is 9.35. The lowest BCUT2D eigenvalue weighted by Gasteiger charge is -2.31. The Bertz CT molecular complexity index is 467. The predicted octanol–water partition coefficient (Wildman–Crippen LogP) is -2.07. The number of hydrogen-bond donors (Lipinski definition) is 1. The van der Waals surface area contributed by atoms with Gasteiger partial charge in [-0.25, -0.2) is 0 Å². The Balaban J connectivity index is 1.76. The molecule has 0 aromatic carbocycles. The van der Waals surface area contributed by atoms with Crippen molar-refractivity contribution in [3.05, 3.63) is 0 Å². The van der Waals surface area contributed by atoms with Gasteiger partial charge in [-0.3, -0.25) is 0 Å². The minimum atomic E-state index is 0.290. The molecule has 1 fully saturated rings. The van der Waals surface area contributed by atoms with E-state index in [1.165, 1.54) is 4.80 Å². The maximum absolute atomic E-state index is 4.22. The number of likely N-dealkylation sites (N-methyl/N-ethyl adjacent to an activating group) is 1. The standard InChI is InChI=1S/C7H12N10/c1-15-2-4-16(5-3-15)7-10-14-17(11-7)6-8-12-13-9-6/h2-5H2,1H3,(H,8,9,12,13). The topological polar surface area (TPSA) is 105 Å². The number of H-pyrrole nitrogens is 1. The second-order valence-electron chi connectivity index (χ2n) is 3.88. The molecular weight excluding hydrogens is 224 g/mol. The maximum Gasteiger partial charge on any atom is 0.309 e. The SMILES string of the molecule is CN1CCN(c2nnn(-c3nn[nH]n3)n2)CC1. The summed E-state index contributed by atoms with van der Waals surface area (Å²) >= 11 is 0. The van der Waals surface area contributed by atoms with E-state index in [-0.39, 0.29) is 5.95 Å². The van der Waals surface area contributed by atoms with Crippen LogP contribution in [0.25, 0.3) is 5.95 Å². The van der Waals surface area contributed by atoms with Crippen molar-refractivity contribution in [2.24, 2.45) is 0 Å². The maximum atomic E-state index is 4.22. The van der Waals surface area contributed by atoms with Crippen LogP contribution in [0.5, 0.6) is 0 Å². The van der Waals surface area contributed by atoms with Crippen LogP contribution >= 0.6 is 0 Å². The van der Waals surface area contributed by atoms with E-state index in [1.54, 1.807) is 0 Å². The molecular formula is C7H12N10. The molecule has 0 saturated carbocycles. The minimum absolute atomic E-state index is 0.290. The van der Waals surface area contributed by atoms with E-state index in [0.717, 1.165) is 26.2 Å². The van der Waals surface area contributed by atoms with Gasteiger partial charge in [-0.1, -0.05) is 15.0 Å². The molecule has 0 amide bonds. The molecule has 90 valence electrons. The van der Waals surface area contributed by atoms with Crippen molar-refractivity contribution in [2.75, 3.05) is 38.1 Å². The Morgan fingerprint density at radius 2 is 1.88 bits per heavy atom. The molecule has 10 heteroatoms. The van der Waals surface area contributed by atoms with Crippen LogP contribution in [0.4, 0.5) is 5.95 Å². The Hall–Kier alpha value is -2.10. The van der Waals surface area contributed by atoms with Crippen molar-refractivity contribution in [3.8, 4) is 5.95 Å². The fourth-order valence-corrected chi connectivity index (χ4v) is 1.67. The van der Waals surface area contributed by atoms with Gasteiger partial charge in [0.25, 0.3) is 5.95 Å². The highest BCUT2D eigenvalue weighted by molar-refractivity contribution is 5.27. The van der Waals surface area contributed by atoms with Crippen LogP contribution in [0.2, 0.25) is 0 Å². The van der Waals surface area contributed by atoms with Gasteiger partial charge in [0.05, 0.1) is 0 Å². The van der Waals surface area contributed by atoms with Crippen LogP contribution in [-0.4, -0.2) is 79.0 Å². The van der Waals surface area contributed by atoms with Gasteiger partial charge in [0.1, 0.15) is 0 Å². The number of aromatic nitrogens is 8. The molecule has 0 radical (unpaired) electrons. The molecule has 1 N–H and O–H groups in total. The van der Waals surface area contributed by atoms with Crippen LogP contribution in [0, 0.1) is 0 Å². The smallest absolute Gasteiger partial charge is 0.309 e. The van der Waals surface area contributed by atoms with Crippen LogP contribution in [0.3, 0.4) is 0 Å². The van der Waals surface area contributed by atoms with E-state index in [1.807, 2.05) is 0 Å². The zero-order valence-electron chi connectivity index (χ0n) is 9.35. The van der Waals surface area contributed by atoms with Crippen molar-refractivity contribution in [1.29, 1.82) is 0 Å². The number of nitrogens with one attached hydrogen (secondary N) is 1. The van der Waals surface area contributed by atoms with Crippen molar-refractivity contribution in [1.82, 2.24) is 45.7 Å². The van der Waals surface area contributed by atoms with Gasteiger partial charge in [0.15, 0.2) is 0 Å². The summed E-state index contributed by atoms with van der Waals surface area (Å²) in [5.74, 6) is 0.890. The number of anilines is 1. The molecule has 3 rings (SSSR count).